The minimum atomic E-state index is 0.308. The predicted molar refractivity (Wildman–Crippen MR) is 99.3 cm³/mol. The summed E-state index contributed by atoms with van der Waals surface area (Å²) in [5.74, 6) is 5.45. The van der Waals surface area contributed by atoms with Gasteiger partial charge in [-0.3, -0.25) is 4.99 Å². The van der Waals surface area contributed by atoms with Crippen LogP contribution in [0.5, 0.6) is 5.75 Å². The first-order chi connectivity index (χ1) is 11.3. The van der Waals surface area contributed by atoms with E-state index in [1.807, 2.05) is 19.2 Å². The molecule has 1 unspecified atom stereocenters. The van der Waals surface area contributed by atoms with Crippen molar-refractivity contribution in [2.45, 2.75) is 24.5 Å². The van der Waals surface area contributed by atoms with Crippen LogP contribution < -0.4 is 15.4 Å². The Kier molecular flexibility index (Phi) is 7.68. The molecule has 1 aliphatic heterocycles. The van der Waals surface area contributed by atoms with Gasteiger partial charge in [-0.05, 0) is 42.7 Å². The highest BCUT2D eigenvalue weighted by Gasteiger charge is 2.15. The van der Waals surface area contributed by atoms with Gasteiger partial charge in [0.15, 0.2) is 5.96 Å². The van der Waals surface area contributed by atoms with E-state index in [2.05, 4.69) is 45.4 Å². The number of benzene rings is 1. The molecule has 1 aromatic carbocycles. The van der Waals surface area contributed by atoms with E-state index in [1.165, 1.54) is 24.2 Å². The molecule has 1 fully saturated rings. The summed E-state index contributed by atoms with van der Waals surface area (Å²) in [5, 5.41) is 7.50. The number of rotatable bonds is 7. The normalized spacial score (nSPS) is 17.6. The summed E-state index contributed by atoms with van der Waals surface area (Å²) in [5.41, 5.74) is 1.26. The maximum absolute atomic E-state index is 5.37. The SMILES string of the molecule is C#CCOc1ccc(CCNC(=NC)NCC2CCCS2)cc1. The van der Waals surface area contributed by atoms with Crippen LogP contribution in [0.25, 0.3) is 0 Å². The zero-order valence-corrected chi connectivity index (χ0v) is 14.5. The van der Waals surface area contributed by atoms with Gasteiger partial charge in [-0.2, -0.15) is 11.8 Å². The molecule has 0 aromatic heterocycles. The molecule has 1 aliphatic rings. The van der Waals surface area contributed by atoms with Crippen LogP contribution in [0.2, 0.25) is 0 Å². The van der Waals surface area contributed by atoms with Crippen LogP contribution in [0.1, 0.15) is 18.4 Å². The average molecular weight is 331 g/mol. The largest absolute Gasteiger partial charge is 0.481 e. The predicted octanol–water partition coefficient (Wildman–Crippen LogP) is 2.30. The van der Waals surface area contributed by atoms with Gasteiger partial charge in [0.1, 0.15) is 12.4 Å². The summed E-state index contributed by atoms with van der Waals surface area (Å²) in [6, 6.07) is 8.05. The molecule has 23 heavy (non-hydrogen) atoms. The van der Waals surface area contributed by atoms with Crippen molar-refractivity contribution in [1.82, 2.24) is 10.6 Å². The molecule has 0 spiro atoms. The molecule has 0 bridgehead atoms. The Bertz CT molecular complexity index is 530. The maximum atomic E-state index is 5.37. The lowest BCUT2D eigenvalue weighted by Crippen LogP contribution is -2.40. The first-order valence-corrected chi connectivity index (χ1v) is 9.08. The first-order valence-electron chi connectivity index (χ1n) is 8.03. The Morgan fingerprint density at radius 3 is 2.87 bits per heavy atom. The summed E-state index contributed by atoms with van der Waals surface area (Å²) >= 11 is 2.05. The molecule has 5 heteroatoms. The van der Waals surface area contributed by atoms with E-state index >= 15 is 0 Å². The van der Waals surface area contributed by atoms with Crippen molar-refractivity contribution in [3.63, 3.8) is 0 Å². The second kappa shape index (κ2) is 10.1. The molecule has 1 saturated heterocycles. The summed E-state index contributed by atoms with van der Waals surface area (Å²) < 4.78 is 5.37. The fraction of sp³-hybridized carbons (Fsp3) is 0.500. The first kappa shape index (κ1) is 17.6. The van der Waals surface area contributed by atoms with Crippen LogP contribution in [0.15, 0.2) is 29.3 Å². The van der Waals surface area contributed by atoms with Crippen LogP contribution >= 0.6 is 11.8 Å². The Balaban J connectivity index is 1.67. The number of ether oxygens (including phenoxy) is 1. The molecule has 1 atom stereocenters. The second-order valence-electron chi connectivity index (χ2n) is 5.40. The van der Waals surface area contributed by atoms with E-state index in [1.54, 1.807) is 0 Å². The van der Waals surface area contributed by atoms with E-state index in [0.717, 1.165) is 36.5 Å². The molecule has 1 heterocycles. The molecule has 2 N–H and O–H groups in total. The van der Waals surface area contributed by atoms with E-state index < -0.39 is 0 Å². The molecule has 124 valence electrons. The third-order valence-electron chi connectivity index (χ3n) is 3.70. The number of thioether (sulfide) groups is 1. The number of nitrogens with zero attached hydrogens (tertiary/aromatic N) is 1. The highest BCUT2D eigenvalue weighted by molar-refractivity contribution is 8.00. The topological polar surface area (TPSA) is 45.6 Å². The third kappa shape index (κ3) is 6.45. The Morgan fingerprint density at radius 1 is 1.39 bits per heavy atom. The van der Waals surface area contributed by atoms with Gasteiger partial charge in [0.25, 0.3) is 0 Å². The summed E-state index contributed by atoms with van der Waals surface area (Å²) in [4.78, 5) is 4.27. The van der Waals surface area contributed by atoms with Crippen molar-refractivity contribution in [2.24, 2.45) is 4.99 Å². The molecule has 1 aromatic rings. The van der Waals surface area contributed by atoms with Crippen molar-refractivity contribution in [2.75, 3.05) is 32.5 Å². The molecule has 0 radical (unpaired) electrons. The maximum Gasteiger partial charge on any atom is 0.191 e. The highest BCUT2D eigenvalue weighted by Crippen LogP contribution is 2.25. The number of guanidine groups is 1. The van der Waals surface area contributed by atoms with E-state index in [9.17, 15) is 0 Å². The van der Waals surface area contributed by atoms with Crippen LogP contribution in [0.4, 0.5) is 0 Å². The molecule has 0 amide bonds. The van der Waals surface area contributed by atoms with Crippen LogP contribution in [-0.2, 0) is 6.42 Å². The lowest BCUT2D eigenvalue weighted by molar-refractivity contribution is 0.370. The number of hydrogen-bond donors (Lipinski definition) is 2. The Labute approximate surface area is 143 Å². The molecule has 2 rings (SSSR count). The quantitative estimate of drug-likeness (QED) is 0.457. The van der Waals surface area contributed by atoms with Crippen LogP contribution in [-0.4, -0.2) is 43.7 Å². The minimum Gasteiger partial charge on any atom is -0.481 e. The monoisotopic (exact) mass is 331 g/mol. The van der Waals surface area contributed by atoms with Crippen LogP contribution in [0.3, 0.4) is 0 Å². The van der Waals surface area contributed by atoms with Gasteiger partial charge >= 0.3 is 0 Å². The van der Waals surface area contributed by atoms with E-state index in [0.29, 0.717) is 6.61 Å². The zero-order valence-electron chi connectivity index (χ0n) is 13.7. The number of hydrogen-bond acceptors (Lipinski definition) is 3. The van der Waals surface area contributed by atoms with Crippen molar-refractivity contribution in [3.05, 3.63) is 29.8 Å². The summed E-state index contributed by atoms with van der Waals surface area (Å²) in [6.45, 7) is 2.15. The zero-order chi connectivity index (χ0) is 16.3. The van der Waals surface area contributed by atoms with Crippen molar-refractivity contribution in [1.29, 1.82) is 0 Å². The van der Waals surface area contributed by atoms with E-state index in [-0.39, 0.29) is 0 Å². The number of terminal acetylenes is 1. The van der Waals surface area contributed by atoms with Crippen molar-refractivity contribution in [3.8, 4) is 18.1 Å². The molecule has 0 saturated carbocycles. The Morgan fingerprint density at radius 2 is 2.22 bits per heavy atom. The van der Waals surface area contributed by atoms with Gasteiger partial charge in [0.2, 0.25) is 0 Å². The average Bonchev–Trinajstić information content (AvgIpc) is 3.10. The van der Waals surface area contributed by atoms with Gasteiger partial charge in [-0.15, -0.1) is 6.42 Å². The molecular weight excluding hydrogens is 306 g/mol. The highest BCUT2D eigenvalue weighted by atomic mass is 32.2. The van der Waals surface area contributed by atoms with Gasteiger partial charge in [-0.1, -0.05) is 18.1 Å². The Hall–Kier alpha value is -1.80. The minimum absolute atomic E-state index is 0.308. The fourth-order valence-corrected chi connectivity index (χ4v) is 3.64. The lowest BCUT2D eigenvalue weighted by atomic mass is 10.1. The van der Waals surface area contributed by atoms with Gasteiger partial charge in [0, 0.05) is 25.4 Å². The second-order valence-corrected chi connectivity index (χ2v) is 6.81. The van der Waals surface area contributed by atoms with Gasteiger partial charge in [0.05, 0.1) is 0 Å². The fourth-order valence-electron chi connectivity index (χ4n) is 2.44. The molecule has 0 aliphatic carbocycles. The van der Waals surface area contributed by atoms with Crippen molar-refractivity contribution >= 4 is 17.7 Å². The molecular formula is C18H25N3OS. The van der Waals surface area contributed by atoms with Crippen LogP contribution in [0, 0.1) is 12.3 Å². The summed E-state index contributed by atoms with van der Waals surface area (Å²) in [7, 11) is 1.81. The molecule has 4 nitrogen and oxygen atoms in total. The standard InChI is InChI=1S/C18H25N3OS/c1-3-12-22-16-8-6-15(7-9-16)10-11-20-18(19-2)21-14-17-5-4-13-23-17/h1,6-9,17H,4-5,10-14H2,2H3,(H2,19,20,21). The lowest BCUT2D eigenvalue weighted by Gasteiger charge is -2.14. The van der Waals surface area contributed by atoms with Crippen molar-refractivity contribution < 1.29 is 4.74 Å². The summed E-state index contributed by atoms with van der Waals surface area (Å²) in [6.07, 6.45) is 8.76. The van der Waals surface area contributed by atoms with E-state index in [4.69, 9.17) is 11.2 Å². The number of nitrogens with one attached hydrogen (secondary N) is 2. The smallest absolute Gasteiger partial charge is 0.191 e. The van der Waals surface area contributed by atoms with Gasteiger partial charge in [-0.25, -0.2) is 0 Å². The number of aliphatic imine (C=N–C) groups is 1. The van der Waals surface area contributed by atoms with Gasteiger partial charge < -0.3 is 15.4 Å². The third-order valence-corrected chi connectivity index (χ3v) is 5.09.